The van der Waals surface area contributed by atoms with Crippen molar-refractivity contribution in [2.75, 3.05) is 11.1 Å². The molecule has 0 bridgehead atoms. The summed E-state index contributed by atoms with van der Waals surface area (Å²) >= 11 is 0.626. The third-order valence-electron chi connectivity index (χ3n) is 3.45. The van der Waals surface area contributed by atoms with Crippen molar-refractivity contribution in [3.63, 3.8) is 0 Å². The summed E-state index contributed by atoms with van der Waals surface area (Å²) in [5, 5.41) is 6.35. The van der Waals surface area contributed by atoms with E-state index in [1.54, 1.807) is 49.4 Å². The van der Waals surface area contributed by atoms with Crippen LogP contribution in [-0.2, 0) is 0 Å². The van der Waals surface area contributed by atoms with E-state index in [1.807, 2.05) is 0 Å². The molecule has 0 aliphatic rings. The molecule has 0 fully saturated rings. The molecule has 0 aliphatic heterocycles. The maximum Gasteiger partial charge on any atom is 0.398 e. The molecule has 9 heteroatoms. The molecule has 0 spiro atoms. The van der Waals surface area contributed by atoms with Crippen molar-refractivity contribution in [2.24, 2.45) is 0 Å². The highest BCUT2D eigenvalue weighted by molar-refractivity contribution is 7.99. The van der Waals surface area contributed by atoms with Crippen LogP contribution in [0.1, 0.15) is 16.2 Å². The second-order valence-corrected chi connectivity index (χ2v) is 6.60. The van der Waals surface area contributed by atoms with Crippen molar-refractivity contribution < 1.29 is 22.5 Å². The molecule has 0 unspecified atom stereocenters. The van der Waals surface area contributed by atoms with Crippen molar-refractivity contribution >= 4 is 23.4 Å². The van der Waals surface area contributed by atoms with Crippen LogP contribution in [0.4, 0.5) is 18.9 Å². The number of carbonyl (C=O) groups is 1. The van der Waals surface area contributed by atoms with Gasteiger partial charge in [0.2, 0.25) is 0 Å². The van der Waals surface area contributed by atoms with Gasteiger partial charge in [-0.2, -0.15) is 18.2 Å². The summed E-state index contributed by atoms with van der Waals surface area (Å²) in [5.74, 6) is -0.616. The highest BCUT2D eigenvalue weighted by Gasteiger charge is 2.27. The molecule has 140 valence electrons. The van der Waals surface area contributed by atoms with Crippen LogP contribution >= 0.6 is 11.8 Å². The first-order valence-electron chi connectivity index (χ1n) is 7.82. The first kappa shape index (κ1) is 19.0. The number of para-hydroxylation sites is 1. The lowest BCUT2D eigenvalue weighted by Gasteiger charge is -2.12. The maximum absolute atomic E-state index is 12.5. The minimum Gasteiger partial charge on any atom is -0.334 e. The molecule has 0 radical (unpaired) electrons. The van der Waals surface area contributed by atoms with E-state index in [0.29, 0.717) is 45.2 Å². The largest absolute Gasteiger partial charge is 0.398 e. The van der Waals surface area contributed by atoms with Gasteiger partial charge in [-0.25, -0.2) is 0 Å². The number of aromatic nitrogens is 2. The van der Waals surface area contributed by atoms with Crippen molar-refractivity contribution in [1.29, 1.82) is 0 Å². The molecule has 1 heterocycles. The number of aryl methyl sites for hydroxylation is 1. The molecular weight excluding hydrogens is 379 g/mol. The van der Waals surface area contributed by atoms with E-state index in [-0.39, 0.29) is 0 Å². The Balaban J connectivity index is 1.72. The van der Waals surface area contributed by atoms with Crippen molar-refractivity contribution in [2.45, 2.75) is 18.0 Å². The Hall–Kier alpha value is -2.81. The Morgan fingerprint density at radius 1 is 1.15 bits per heavy atom. The van der Waals surface area contributed by atoms with Crippen molar-refractivity contribution in [3.05, 3.63) is 59.9 Å². The first-order chi connectivity index (χ1) is 12.8. The van der Waals surface area contributed by atoms with Gasteiger partial charge in [0.15, 0.2) is 5.82 Å². The predicted molar refractivity (Wildman–Crippen MR) is 95.6 cm³/mol. The average Bonchev–Trinajstić information content (AvgIpc) is 3.07. The van der Waals surface area contributed by atoms with Crippen LogP contribution in [0.3, 0.4) is 0 Å². The number of nitrogens with zero attached hydrogens (tertiary/aromatic N) is 2. The minimum absolute atomic E-state index is 0.327. The molecule has 1 aromatic heterocycles. The lowest BCUT2D eigenvalue weighted by atomic mass is 10.1. The number of amides is 1. The Morgan fingerprint density at radius 3 is 2.48 bits per heavy atom. The summed E-state index contributed by atoms with van der Waals surface area (Å²) in [6, 6.07) is 12.8. The summed E-state index contributed by atoms with van der Waals surface area (Å²) in [6.45, 7) is 1.70. The van der Waals surface area contributed by atoms with Crippen LogP contribution in [0.5, 0.6) is 0 Å². The summed E-state index contributed by atoms with van der Waals surface area (Å²) in [6.07, 6.45) is -4.29. The molecule has 0 aliphatic carbocycles. The molecule has 1 N–H and O–H groups in total. The van der Waals surface area contributed by atoms with Crippen LogP contribution in [0, 0.1) is 6.92 Å². The Kier molecular flexibility index (Phi) is 5.50. The van der Waals surface area contributed by atoms with Gasteiger partial charge in [-0.05, 0) is 43.3 Å². The number of anilines is 1. The van der Waals surface area contributed by atoms with Gasteiger partial charge in [0.05, 0.1) is 11.4 Å². The quantitative estimate of drug-likeness (QED) is 0.621. The van der Waals surface area contributed by atoms with Crippen LogP contribution in [0.15, 0.2) is 57.9 Å². The lowest BCUT2D eigenvalue weighted by Crippen LogP contribution is -2.14. The predicted octanol–water partition coefficient (Wildman–Crippen LogP) is 4.95. The van der Waals surface area contributed by atoms with Gasteiger partial charge in [0, 0.05) is 16.0 Å². The highest BCUT2D eigenvalue weighted by atomic mass is 32.2. The van der Waals surface area contributed by atoms with Crippen LogP contribution in [0.2, 0.25) is 0 Å². The van der Waals surface area contributed by atoms with Gasteiger partial charge in [-0.1, -0.05) is 17.3 Å². The molecule has 2 aromatic carbocycles. The van der Waals surface area contributed by atoms with E-state index >= 15 is 0 Å². The Morgan fingerprint density at radius 2 is 1.85 bits per heavy atom. The van der Waals surface area contributed by atoms with Gasteiger partial charge < -0.3 is 9.84 Å². The minimum atomic E-state index is -4.29. The summed E-state index contributed by atoms with van der Waals surface area (Å²) in [7, 11) is 0. The molecule has 5 nitrogen and oxygen atoms in total. The second-order valence-electron chi connectivity index (χ2n) is 5.58. The number of rotatable bonds is 5. The van der Waals surface area contributed by atoms with E-state index in [9.17, 15) is 18.0 Å². The molecule has 1 amide bonds. The van der Waals surface area contributed by atoms with Gasteiger partial charge in [-0.3, -0.25) is 4.79 Å². The SMILES string of the molecule is Cc1noc(-c2ccc(C(=O)Nc3ccccc3SCC(F)(F)F)cc2)n1. The molecule has 0 saturated heterocycles. The van der Waals surface area contributed by atoms with Gasteiger partial charge >= 0.3 is 6.18 Å². The zero-order valence-corrected chi connectivity index (χ0v) is 14.9. The van der Waals surface area contributed by atoms with Gasteiger partial charge in [0.25, 0.3) is 11.8 Å². The third kappa shape index (κ3) is 5.10. The summed E-state index contributed by atoms with van der Waals surface area (Å²) in [5.41, 5.74) is 1.34. The number of carbonyl (C=O) groups excluding carboxylic acids is 1. The Bertz CT molecular complexity index is 940. The number of benzene rings is 2. The first-order valence-corrected chi connectivity index (χ1v) is 8.81. The summed E-state index contributed by atoms with van der Waals surface area (Å²) < 4.78 is 42.4. The zero-order valence-electron chi connectivity index (χ0n) is 14.1. The van der Waals surface area contributed by atoms with E-state index in [4.69, 9.17) is 4.52 Å². The maximum atomic E-state index is 12.5. The highest BCUT2D eigenvalue weighted by Crippen LogP contribution is 2.32. The van der Waals surface area contributed by atoms with Crippen molar-refractivity contribution in [1.82, 2.24) is 10.1 Å². The monoisotopic (exact) mass is 393 g/mol. The van der Waals surface area contributed by atoms with Crippen molar-refractivity contribution in [3.8, 4) is 11.5 Å². The van der Waals surface area contributed by atoms with E-state index < -0.39 is 17.8 Å². The van der Waals surface area contributed by atoms with Crippen LogP contribution in [0.25, 0.3) is 11.5 Å². The van der Waals surface area contributed by atoms with E-state index in [1.165, 1.54) is 6.07 Å². The fourth-order valence-electron chi connectivity index (χ4n) is 2.23. The number of hydrogen-bond donors (Lipinski definition) is 1. The molecule has 0 saturated carbocycles. The fourth-order valence-corrected chi connectivity index (χ4v) is 3.00. The third-order valence-corrected chi connectivity index (χ3v) is 4.59. The standard InChI is InChI=1S/C18H14F3N3O2S/c1-11-22-17(26-24-11)13-8-6-12(7-9-13)16(25)23-14-4-2-3-5-15(14)27-10-18(19,20)21/h2-9H,10H2,1H3,(H,23,25). The van der Waals surface area contributed by atoms with Gasteiger partial charge in [-0.15, -0.1) is 11.8 Å². The van der Waals surface area contributed by atoms with E-state index in [2.05, 4.69) is 15.5 Å². The summed E-state index contributed by atoms with van der Waals surface area (Å²) in [4.78, 5) is 16.9. The molecule has 0 atom stereocenters. The molecule has 3 rings (SSSR count). The number of thioether (sulfide) groups is 1. The number of halogens is 3. The molecule has 3 aromatic rings. The Labute approximate surface area is 157 Å². The fraction of sp³-hybridized carbons (Fsp3) is 0.167. The molecule has 27 heavy (non-hydrogen) atoms. The molecular formula is C18H14F3N3O2S. The lowest BCUT2D eigenvalue weighted by molar-refractivity contribution is -0.105. The zero-order chi connectivity index (χ0) is 19.4. The van der Waals surface area contributed by atoms with Gasteiger partial charge in [0.1, 0.15) is 0 Å². The smallest absolute Gasteiger partial charge is 0.334 e. The van der Waals surface area contributed by atoms with Crippen LogP contribution < -0.4 is 5.32 Å². The number of alkyl halides is 3. The second kappa shape index (κ2) is 7.83. The van der Waals surface area contributed by atoms with Crippen LogP contribution in [-0.4, -0.2) is 28.0 Å². The number of hydrogen-bond acceptors (Lipinski definition) is 5. The van der Waals surface area contributed by atoms with E-state index in [0.717, 1.165) is 0 Å². The average molecular weight is 393 g/mol. The normalized spacial score (nSPS) is 11.4. The topological polar surface area (TPSA) is 68.0 Å². The number of nitrogens with one attached hydrogen (secondary N) is 1.